The van der Waals surface area contributed by atoms with Crippen molar-refractivity contribution in [1.29, 1.82) is 0 Å². The second-order valence-electron chi connectivity index (χ2n) is 9.82. The fourth-order valence-corrected chi connectivity index (χ4v) is 5.21. The molecule has 1 aromatic carbocycles. The average molecular weight is 437 g/mol. The highest BCUT2D eigenvalue weighted by Gasteiger charge is 2.34. The zero-order valence-electron chi connectivity index (χ0n) is 20.2. The molecule has 2 aliphatic heterocycles. The van der Waals surface area contributed by atoms with Crippen LogP contribution in [0.4, 0.5) is 0 Å². The average Bonchev–Trinajstić information content (AvgIpc) is 3.06. The summed E-state index contributed by atoms with van der Waals surface area (Å²) in [5, 5.41) is 5.07. The fourth-order valence-electron chi connectivity index (χ4n) is 5.21. The Morgan fingerprint density at radius 1 is 1.06 bits per heavy atom. The summed E-state index contributed by atoms with van der Waals surface area (Å²) in [5.41, 5.74) is 4.73. The van der Waals surface area contributed by atoms with Gasteiger partial charge in [-0.15, -0.1) is 0 Å². The van der Waals surface area contributed by atoms with E-state index < -0.39 is 0 Å². The molecule has 0 spiro atoms. The number of benzene rings is 1. The Morgan fingerprint density at radius 2 is 1.78 bits per heavy atom. The van der Waals surface area contributed by atoms with Gasteiger partial charge in [-0.25, -0.2) is 0 Å². The van der Waals surface area contributed by atoms with Crippen molar-refractivity contribution in [1.82, 2.24) is 19.6 Å². The van der Waals surface area contributed by atoms with Crippen LogP contribution >= 0.6 is 0 Å². The standard InChI is InChI=1S/C27H40N4O/c1-4-5-8-11-24-19-30(20-27(32)29-16-9-6-7-10-17-29)22(3)26-18-25(28-31(24)26)23-14-12-21(2)13-15-23/h12-15,18,22,24H,4-11,16-17,19-20H2,1-3H3. The van der Waals surface area contributed by atoms with Crippen LogP contribution in [0.3, 0.4) is 0 Å². The van der Waals surface area contributed by atoms with E-state index in [4.69, 9.17) is 5.10 Å². The van der Waals surface area contributed by atoms with Gasteiger partial charge >= 0.3 is 0 Å². The molecular formula is C27H40N4O. The van der Waals surface area contributed by atoms with E-state index in [0.717, 1.165) is 44.6 Å². The predicted octanol–water partition coefficient (Wildman–Crippen LogP) is 5.76. The number of unbranched alkanes of at least 4 members (excludes halogenated alkanes) is 2. The van der Waals surface area contributed by atoms with Crippen LogP contribution in [0, 0.1) is 6.92 Å². The monoisotopic (exact) mass is 436 g/mol. The summed E-state index contributed by atoms with van der Waals surface area (Å²) >= 11 is 0. The molecule has 0 radical (unpaired) electrons. The first kappa shape index (κ1) is 23.0. The normalized spacial score (nSPS) is 21.9. The van der Waals surface area contributed by atoms with Gasteiger partial charge in [-0.3, -0.25) is 14.4 Å². The Hall–Kier alpha value is -2.14. The van der Waals surface area contributed by atoms with E-state index in [-0.39, 0.29) is 6.04 Å². The number of aromatic nitrogens is 2. The number of nitrogens with zero attached hydrogens (tertiary/aromatic N) is 4. The van der Waals surface area contributed by atoms with Gasteiger partial charge in [-0.05, 0) is 39.2 Å². The molecule has 1 saturated heterocycles. The third-order valence-corrected chi connectivity index (χ3v) is 7.32. The molecule has 1 aromatic heterocycles. The molecule has 0 saturated carbocycles. The van der Waals surface area contributed by atoms with Crippen molar-refractivity contribution >= 4 is 5.91 Å². The Kier molecular flexibility index (Phi) is 7.67. The Balaban J connectivity index is 1.56. The molecule has 5 heteroatoms. The highest BCUT2D eigenvalue weighted by atomic mass is 16.2. The van der Waals surface area contributed by atoms with E-state index in [0.29, 0.717) is 18.5 Å². The van der Waals surface area contributed by atoms with E-state index in [2.05, 4.69) is 65.6 Å². The minimum Gasteiger partial charge on any atom is -0.342 e. The molecule has 2 aliphatic rings. The maximum absolute atomic E-state index is 13.2. The number of fused-ring (bicyclic) bond motifs is 1. The maximum atomic E-state index is 13.2. The van der Waals surface area contributed by atoms with Crippen molar-refractivity contribution in [3.63, 3.8) is 0 Å². The third-order valence-electron chi connectivity index (χ3n) is 7.32. The number of aryl methyl sites for hydroxylation is 1. The number of hydrogen-bond acceptors (Lipinski definition) is 3. The van der Waals surface area contributed by atoms with E-state index >= 15 is 0 Å². The molecule has 174 valence electrons. The van der Waals surface area contributed by atoms with Gasteiger partial charge in [0.1, 0.15) is 0 Å². The van der Waals surface area contributed by atoms with Crippen LogP contribution in [-0.2, 0) is 4.79 Å². The van der Waals surface area contributed by atoms with Crippen LogP contribution in [-0.4, -0.2) is 51.7 Å². The zero-order valence-corrected chi connectivity index (χ0v) is 20.2. The Morgan fingerprint density at radius 3 is 2.47 bits per heavy atom. The van der Waals surface area contributed by atoms with E-state index in [1.54, 1.807) is 0 Å². The maximum Gasteiger partial charge on any atom is 0.236 e. The molecule has 2 aromatic rings. The molecule has 1 fully saturated rings. The molecule has 5 nitrogen and oxygen atoms in total. The van der Waals surface area contributed by atoms with Gasteiger partial charge in [-0.1, -0.05) is 68.9 Å². The Labute approximate surface area is 193 Å². The lowest BCUT2D eigenvalue weighted by Gasteiger charge is -2.39. The lowest BCUT2D eigenvalue weighted by Crippen LogP contribution is -2.46. The van der Waals surface area contributed by atoms with Crippen LogP contribution in [0.1, 0.15) is 88.6 Å². The highest BCUT2D eigenvalue weighted by Crippen LogP contribution is 2.35. The number of likely N-dealkylation sites (tertiary alicyclic amines) is 1. The third kappa shape index (κ3) is 5.25. The van der Waals surface area contributed by atoms with E-state index in [1.165, 1.54) is 48.9 Å². The first-order valence-electron chi connectivity index (χ1n) is 12.7. The number of rotatable bonds is 7. The first-order chi connectivity index (χ1) is 15.6. The first-order valence-corrected chi connectivity index (χ1v) is 12.7. The van der Waals surface area contributed by atoms with Crippen LogP contribution in [0.2, 0.25) is 0 Å². The summed E-state index contributed by atoms with van der Waals surface area (Å²) in [7, 11) is 0. The summed E-state index contributed by atoms with van der Waals surface area (Å²) in [5.74, 6) is 0.304. The predicted molar refractivity (Wildman–Crippen MR) is 131 cm³/mol. The molecule has 1 amide bonds. The minimum atomic E-state index is 0.194. The molecular weight excluding hydrogens is 396 g/mol. The molecule has 0 N–H and O–H groups in total. The van der Waals surface area contributed by atoms with E-state index in [9.17, 15) is 4.79 Å². The molecule has 0 bridgehead atoms. The van der Waals surface area contributed by atoms with Crippen molar-refractivity contribution in [3.8, 4) is 11.3 Å². The van der Waals surface area contributed by atoms with Crippen LogP contribution in [0.25, 0.3) is 11.3 Å². The zero-order chi connectivity index (χ0) is 22.5. The Bertz CT molecular complexity index is 880. The van der Waals surface area contributed by atoms with Crippen molar-refractivity contribution in [2.75, 3.05) is 26.2 Å². The minimum absolute atomic E-state index is 0.194. The van der Waals surface area contributed by atoms with Gasteiger partial charge < -0.3 is 4.90 Å². The number of hydrogen-bond donors (Lipinski definition) is 0. The number of carbonyl (C=O) groups excluding carboxylic acids is 1. The van der Waals surface area contributed by atoms with Crippen molar-refractivity contribution in [2.45, 2.75) is 84.2 Å². The number of carbonyl (C=O) groups is 1. The largest absolute Gasteiger partial charge is 0.342 e. The smallest absolute Gasteiger partial charge is 0.236 e. The fraction of sp³-hybridized carbons (Fsp3) is 0.630. The molecule has 2 atom stereocenters. The van der Waals surface area contributed by atoms with Gasteiger partial charge in [0.2, 0.25) is 5.91 Å². The summed E-state index contributed by atoms with van der Waals surface area (Å²) in [6.45, 7) is 9.90. The highest BCUT2D eigenvalue weighted by molar-refractivity contribution is 5.78. The second kappa shape index (κ2) is 10.7. The van der Waals surface area contributed by atoms with Crippen molar-refractivity contribution < 1.29 is 4.79 Å². The molecule has 4 rings (SSSR count). The van der Waals surface area contributed by atoms with Gasteiger partial charge in [0.05, 0.1) is 24.0 Å². The van der Waals surface area contributed by atoms with Gasteiger partial charge in [0, 0.05) is 31.2 Å². The summed E-state index contributed by atoms with van der Waals surface area (Å²) in [6, 6.07) is 11.4. The van der Waals surface area contributed by atoms with Crippen molar-refractivity contribution in [2.24, 2.45) is 0 Å². The summed E-state index contributed by atoms with van der Waals surface area (Å²) < 4.78 is 2.28. The SMILES string of the molecule is CCCCCC1CN(CC(=O)N2CCCCCC2)C(C)c2cc(-c3ccc(C)cc3)nn21. The van der Waals surface area contributed by atoms with Gasteiger partial charge in [0.25, 0.3) is 0 Å². The summed E-state index contributed by atoms with van der Waals surface area (Å²) in [6.07, 6.45) is 9.61. The molecule has 0 aliphatic carbocycles. The van der Waals surface area contributed by atoms with E-state index in [1.807, 2.05) is 0 Å². The molecule has 32 heavy (non-hydrogen) atoms. The van der Waals surface area contributed by atoms with Crippen LogP contribution in [0.15, 0.2) is 30.3 Å². The quantitative estimate of drug-likeness (QED) is 0.518. The lowest BCUT2D eigenvalue weighted by atomic mass is 10.0. The lowest BCUT2D eigenvalue weighted by molar-refractivity contribution is -0.133. The van der Waals surface area contributed by atoms with Gasteiger partial charge in [0.15, 0.2) is 0 Å². The molecule has 2 unspecified atom stereocenters. The van der Waals surface area contributed by atoms with Crippen molar-refractivity contribution in [3.05, 3.63) is 41.6 Å². The summed E-state index contributed by atoms with van der Waals surface area (Å²) in [4.78, 5) is 17.7. The molecule has 3 heterocycles. The van der Waals surface area contributed by atoms with Gasteiger partial charge in [-0.2, -0.15) is 5.10 Å². The topological polar surface area (TPSA) is 41.4 Å². The number of amides is 1. The second-order valence-corrected chi connectivity index (χ2v) is 9.82. The van der Waals surface area contributed by atoms with Crippen LogP contribution < -0.4 is 0 Å². The van der Waals surface area contributed by atoms with Crippen LogP contribution in [0.5, 0.6) is 0 Å².